The number of aromatic nitrogens is 1. The van der Waals surface area contributed by atoms with Crippen LogP contribution in [-0.4, -0.2) is 46.7 Å². The highest BCUT2D eigenvalue weighted by atomic mass is 32.2. The van der Waals surface area contributed by atoms with Gasteiger partial charge in [-0.25, -0.2) is 4.39 Å². The van der Waals surface area contributed by atoms with Gasteiger partial charge in [0.1, 0.15) is 5.82 Å². The minimum Gasteiger partial charge on any atom is -0.350 e. The fourth-order valence-corrected chi connectivity index (χ4v) is 5.05. The summed E-state index contributed by atoms with van der Waals surface area (Å²) in [4.78, 5) is 28.1. The number of rotatable bonds is 7. The molecule has 4 rings (SSSR count). The lowest BCUT2D eigenvalue weighted by Gasteiger charge is -2.19. The van der Waals surface area contributed by atoms with Crippen LogP contribution in [0.3, 0.4) is 0 Å². The summed E-state index contributed by atoms with van der Waals surface area (Å²) in [6, 6.07) is 13.6. The van der Waals surface area contributed by atoms with Crippen LogP contribution in [0.15, 0.2) is 59.6 Å². The van der Waals surface area contributed by atoms with Crippen LogP contribution in [0.1, 0.15) is 36.0 Å². The maximum atomic E-state index is 13.0. The molecule has 3 aromatic rings. The van der Waals surface area contributed by atoms with Crippen LogP contribution in [0.25, 0.3) is 10.9 Å². The Balaban J connectivity index is 1.38. The van der Waals surface area contributed by atoms with Gasteiger partial charge in [-0.2, -0.15) is 0 Å². The molecule has 0 spiro atoms. The molecule has 2 amide bonds. The number of nitrogens with zero attached hydrogens (tertiary/aromatic N) is 2. The lowest BCUT2D eigenvalue weighted by Crippen LogP contribution is -2.33. The van der Waals surface area contributed by atoms with Crippen molar-refractivity contribution in [1.29, 1.82) is 0 Å². The number of carbonyl (C=O) groups is 2. The summed E-state index contributed by atoms with van der Waals surface area (Å²) in [5.41, 5.74) is 1.51. The fourth-order valence-electron chi connectivity index (χ4n) is 4.06. The molecule has 168 valence electrons. The van der Waals surface area contributed by atoms with Crippen molar-refractivity contribution in [1.82, 2.24) is 14.8 Å². The first-order chi connectivity index (χ1) is 15.6. The van der Waals surface area contributed by atoms with E-state index in [1.54, 1.807) is 11.8 Å². The minimum atomic E-state index is -0.361. The molecule has 0 radical (unpaired) electrons. The molecule has 5 nitrogen and oxygen atoms in total. The van der Waals surface area contributed by atoms with E-state index in [0.29, 0.717) is 24.4 Å². The Bertz CT molecular complexity index is 1070. The van der Waals surface area contributed by atoms with Gasteiger partial charge in [-0.3, -0.25) is 9.59 Å². The Morgan fingerprint density at radius 2 is 1.69 bits per heavy atom. The van der Waals surface area contributed by atoms with Crippen LogP contribution in [0.2, 0.25) is 0 Å². The standard InChI is InChI=1S/C25H28FN3O2S/c26-20-11-9-19(10-12-20)25(31)27-13-16-29-17-23(21-7-3-4-8-22(21)29)32-18-24(30)28-14-5-1-2-6-15-28/h3-4,7-12,17H,1-2,5-6,13-16,18H2,(H,27,31). The second kappa shape index (κ2) is 10.7. The molecule has 1 aliphatic rings. The van der Waals surface area contributed by atoms with E-state index in [0.717, 1.165) is 41.7 Å². The molecule has 7 heteroatoms. The van der Waals surface area contributed by atoms with E-state index in [1.165, 1.54) is 37.1 Å². The highest BCUT2D eigenvalue weighted by Crippen LogP contribution is 2.30. The molecule has 0 atom stereocenters. The van der Waals surface area contributed by atoms with E-state index >= 15 is 0 Å². The zero-order chi connectivity index (χ0) is 22.3. The number of amides is 2. The number of para-hydroxylation sites is 1. The first-order valence-electron chi connectivity index (χ1n) is 11.1. The van der Waals surface area contributed by atoms with Crippen LogP contribution in [-0.2, 0) is 11.3 Å². The maximum Gasteiger partial charge on any atom is 0.251 e. The summed E-state index contributed by atoms with van der Waals surface area (Å²) in [5.74, 6) is 0.0640. The van der Waals surface area contributed by atoms with Gasteiger partial charge in [0, 0.05) is 53.7 Å². The van der Waals surface area contributed by atoms with Crippen molar-refractivity contribution in [3.8, 4) is 0 Å². The Hall–Kier alpha value is -2.80. The molecular formula is C25H28FN3O2S. The van der Waals surface area contributed by atoms with Crippen molar-refractivity contribution >= 4 is 34.5 Å². The van der Waals surface area contributed by atoms with Crippen molar-refractivity contribution < 1.29 is 14.0 Å². The molecule has 1 N–H and O–H groups in total. The van der Waals surface area contributed by atoms with Gasteiger partial charge in [0.05, 0.1) is 5.75 Å². The van der Waals surface area contributed by atoms with Crippen LogP contribution in [0.4, 0.5) is 4.39 Å². The van der Waals surface area contributed by atoms with Gasteiger partial charge in [-0.1, -0.05) is 31.0 Å². The predicted octanol–water partition coefficient (Wildman–Crippen LogP) is 4.71. The molecule has 2 heterocycles. The summed E-state index contributed by atoms with van der Waals surface area (Å²) in [7, 11) is 0. The number of likely N-dealkylation sites (tertiary alicyclic amines) is 1. The van der Waals surface area contributed by atoms with Crippen LogP contribution in [0.5, 0.6) is 0 Å². The van der Waals surface area contributed by atoms with E-state index < -0.39 is 0 Å². The molecule has 2 aromatic carbocycles. The van der Waals surface area contributed by atoms with Crippen molar-refractivity contribution in [3.63, 3.8) is 0 Å². The predicted molar refractivity (Wildman–Crippen MR) is 126 cm³/mol. The van der Waals surface area contributed by atoms with Crippen molar-refractivity contribution in [2.45, 2.75) is 37.1 Å². The molecule has 1 aliphatic heterocycles. The maximum absolute atomic E-state index is 13.0. The molecule has 0 saturated carbocycles. The molecule has 0 bridgehead atoms. The molecule has 1 fully saturated rings. The number of thioether (sulfide) groups is 1. The van der Waals surface area contributed by atoms with E-state index in [9.17, 15) is 14.0 Å². The molecule has 32 heavy (non-hydrogen) atoms. The molecule has 0 aliphatic carbocycles. The Kier molecular flexibility index (Phi) is 7.47. The van der Waals surface area contributed by atoms with Crippen LogP contribution >= 0.6 is 11.8 Å². The van der Waals surface area contributed by atoms with Gasteiger partial charge >= 0.3 is 0 Å². The minimum absolute atomic E-state index is 0.209. The first kappa shape index (κ1) is 22.4. The number of hydrogen-bond acceptors (Lipinski definition) is 3. The zero-order valence-electron chi connectivity index (χ0n) is 18.1. The van der Waals surface area contributed by atoms with Gasteiger partial charge in [-0.15, -0.1) is 11.8 Å². The first-order valence-corrected chi connectivity index (χ1v) is 12.1. The van der Waals surface area contributed by atoms with Crippen molar-refractivity contribution in [2.24, 2.45) is 0 Å². The fraction of sp³-hybridized carbons (Fsp3) is 0.360. The van der Waals surface area contributed by atoms with Crippen molar-refractivity contribution in [2.75, 3.05) is 25.4 Å². The largest absolute Gasteiger partial charge is 0.350 e. The van der Waals surface area contributed by atoms with E-state index in [2.05, 4.69) is 28.2 Å². The summed E-state index contributed by atoms with van der Waals surface area (Å²) in [6.45, 7) is 2.80. The third kappa shape index (κ3) is 5.51. The zero-order valence-corrected chi connectivity index (χ0v) is 18.9. The highest BCUT2D eigenvalue weighted by molar-refractivity contribution is 8.00. The van der Waals surface area contributed by atoms with Gasteiger partial charge in [0.15, 0.2) is 0 Å². The third-order valence-electron chi connectivity index (χ3n) is 5.81. The van der Waals surface area contributed by atoms with Crippen LogP contribution < -0.4 is 5.32 Å². The monoisotopic (exact) mass is 453 g/mol. The number of halogens is 1. The summed E-state index contributed by atoms with van der Waals surface area (Å²) in [5, 5.41) is 4.01. The summed E-state index contributed by atoms with van der Waals surface area (Å²) >= 11 is 1.58. The normalized spacial score (nSPS) is 14.3. The number of benzene rings is 2. The lowest BCUT2D eigenvalue weighted by molar-refractivity contribution is -0.128. The average molecular weight is 454 g/mol. The second-order valence-corrected chi connectivity index (χ2v) is 9.07. The Labute approximate surface area is 192 Å². The highest BCUT2D eigenvalue weighted by Gasteiger charge is 2.17. The topological polar surface area (TPSA) is 54.3 Å². The number of hydrogen-bond donors (Lipinski definition) is 1. The molecule has 0 unspecified atom stereocenters. The second-order valence-electron chi connectivity index (χ2n) is 8.05. The van der Waals surface area contributed by atoms with Gasteiger partial charge < -0.3 is 14.8 Å². The van der Waals surface area contributed by atoms with E-state index in [4.69, 9.17) is 0 Å². The average Bonchev–Trinajstić information content (AvgIpc) is 2.97. The number of nitrogens with one attached hydrogen (secondary N) is 1. The Morgan fingerprint density at radius 3 is 2.44 bits per heavy atom. The van der Waals surface area contributed by atoms with Gasteiger partial charge in [0.2, 0.25) is 5.91 Å². The molecular weight excluding hydrogens is 425 g/mol. The van der Waals surface area contributed by atoms with Gasteiger partial charge in [0.25, 0.3) is 5.91 Å². The van der Waals surface area contributed by atoms with E-state index in [1.807, 2.05) is 17.0 Å². The number of fused-ring (bicyclic) bond motifs is 1. The van der Waals surface area contributed by atoms with Crippen LogP contribution in [0, 0.1) is 5.82 Å². The summed E-state index contributed by atoms with van der Waals surface area (Å²) < 4.78 is 15.2. The SMILES string of the molecule is O=C(NCCn1cc(SCC(=O)N2CCCCCC2)c2ccccc21)c1ccc(F)cc1. The smallest absolute Gasteiger partial charge is 0.251 e. The van der Waals surface area contributed by atoms with E-state index in [-0.39, 0.29) is 17.6 Å². The molecule has 1 aromatic heterocycles. The third-order valence-corrected chi connectivity index (χ3v) is 6.83. The Morgan fingerprint density at radius 1 is 0.969 bits per heavy atom. The number of carbonyl (C=O) groups excluding carboxylic acids is 2. The quantitative estimate of drug-likeness (QED) is 0.528. The van der Waals surface area contributed by atoms with Crippen molar-refractivity contribution in [3.05, 3.63) is 66.1 Å². The molecule has 1 saturated heterocycles. The summed E-state index contributed by atoms with van der Waals surface area (Å²) in [6.07, 6.45) is 6.68. The lowest BCUT2D eigenvalue weighted by atomic mass is 10.2. The van der Waals surface area contributed by atoms with Gasteiger partial charge in [-0.05, 0) is 43.2 Å².